The summed E-state index contributed by atoms with van der Waals surface area (Å²) < 4.78 is 4.16. The van der Waals surface area contributed by atoms with E-state index in [1.54, 1.807) is 42.8 Å². The van der Waals surface area contributed by atoms with Gasteiger partial charge < -0.3 is 20.5 Å². The van der Waals surface area contributed by atoms with Crippen molar-refractivity contribution in [1.82, 2.24) is 19.0 Å². The predicted octanol–water partition coefficient (Wildman–Crippen LogP) is 0.732. The average Bonchev–Trinajstić information content (AvgIpc) is 3.23. The molecular weight excluding hydrogens is 458 g/mol. The Morgan fingerprint density at radius 2 is 1.97 bits per heavy atom. The highest BCUT2D eigenvalue weighted by molar-refractivity contribution is 6.11. The summed E-state index contributed by atoms with van der Waals surface area (Å²) in [5, 5.41) is 12.2. The van der Waals surface area contributed by atoms with Gasteiger partial charge in [-0.1, -0.05) is 24.1 Å². The summed E-state index contributed by atoms with van der Waals surface area (Å²) in [6.07, 6.45) is 1.70. The topological polar surface area (TPSA) is 131 Å². The van der Waals surface area contributed by atoms with E-state index in [1.807, 2.05) is 4.90 Å². The second-order valence-electron chi connectivity index (χ2n) is 8.84. The standard InChI is InChI=1S/C26H29N7O3/c1-4-5-13-32-22-21(20(23(34)29-2)24(32)31-12-8-11-19(28)16-31)30(3)26(36)33(25(22)35)15-18-10-7-6-9-17(18)14-27/h6-7,9-10,19H,8,11-13,15-16,28H2,1-3H3,(H,29,34). The fourth-order valence-electron chi connectivity index (χ4n) is 4.88. The molecule has 1 aliphatic rings. The van der Waals surface area contributed by atoms with Gasteiger partial charge in [0, 0.05) is 33.2 Å². The summed E-state index contributed by atoms with van der Waals surface area (Å²) in [7, 11) is 3.06. The zero-order valence-electron chi connectivity index (χ0n) is 20.7. The number of hydrogen-bond donors (Lipinski definition) is 2. The third-order valence-corrected chi connectivity index (χ3v) is 6.60. The highest BCUT2D eigenvalue weighted by atomic mass is 16.2. The number of hydrogen-bond acceptors (Lipinski definition) is 6. The van der Waals surface area contributed by atoms with Crippen molar-refractivity contribution in [1.29, 1.82) is 5.26 Å². The quantitative estimate of drug-likeness (QED) is 0.510. The lowest BCUT2D eigenvalue weighted by atomic mass is 10.1. The highest BCUT2D eigenvalue weighted by Crippen LogP contribution is 2.32. The number of carbonyl (C=O) groups excluding carboxylic acids is 1. The molecule has 0 spiro atoms. The lowest BCUT2D eigenvalue weighted by Crippen LogP contribution is -2.44. The molecule has 1 amide bonds. The molecule has 1 aliphatic heterocycles. The van der Waals surface area contributed by atoms with E-state index in [1.165, 1.54) is 11.6 Å². The number of amides is 1. The Hall–Kier alpha value is -4.28. The number of nitrogens with zero attached hydrogens (tertiary/aromatic N) is 5. The van der Waals surface area contributed by atoms with Gasteiger partial charge >= 0.3 is 5.69 Å². The van der Waals surface area contributed by atoms with Gasteiger partial charge in [-0.25, -0.2) is 4.79 Å². The zero-order valence-corrected chi connectivity index (χ0v) is 20.7. The van der Waals surface area contributed by atoms with Crippen molar-refractivity contribution in [2.45, 2.75) is 38.9 Å². The average molecular weight is 488 g/mol. The predicted molar refractivity (Wildman–Crippen MR) is 138 cm³/mol. The fourth-order valence-corrected chi connectivity index (χ4v) is 4.88. The van der Waals surface area contributed by atoms with Crippen molar-refractivity contribution < 1.29 is 4.79 Å². The minimum atomic E-state index is -0.578. The third-order valence-electron chi connectivity index (χ3n) is 6.60. The van der Waals surface area contributed by atoms with Crippen LogP contribution in [0.25, 0.3) is 11.0 Å². The second kappa shape index (κ2) is 10.1. The van der Waals surface area contributed by atoms with E-state index < -0.39 is 17.2 Å². The molecule has 2 aromatic heterocycles. The van der Waals surface area contributed by atoms with Gasteiger partial charge in [0.15, 0.2) is 0 Å². The lowest BCUT2D eigenvalue weighted by Gasteiger charge is -2.33. The molecule has 3 aromatic rings. The van der Waals surface area contributed by atoms with Crippen molar-refractivity contribution in [2.75, 3.05) is 25.0 Å². The van der Waals surface area contributed by atoms with Gasteiger partial charge in [0.1, 0.15) is 16.9 Å². The number of aryl methyl sites for hydroxylation is 1. The lowest BCUT2D eigenvalue weighted by molar-refractivity contribution is 0.0964. The molecular formula is C26H29N7O3. The first-order valence-corrected chi connectivity index (χ1v) is 11.8. The van der Waals surface area contributed by atoms with Gasteiger partial charge in [-0.05, 0) is 31.4 Å². The normalized spacial score (nSPS) is 15.3. The second-order valence-corrected chi connectivity index (χ2v) is 8.84. The van der Waals surface area contributed by atoms with Crippen LogP contribution in [0.5, 0.6) is 0 Å². The van der Waals surface area contributed by atoms with Crippen LogP contribution in [0.3, 0.4) is 0 Å². The minimum absolute atomic E-state index is 0.0744. The Morgan fingerprint density at radius 3 is 2.64 bits per heavy atom. The van der Waals surface area contributed by atoms with Crippen molar-refractivity contribution in [3.05, 3.63) is 61.8 Å². The highest BCUT2D eigenvalue weighted by Gasteiger charge is 2.32. The van der Waals surface area contributed by atoms with Gasteiger partial charge in [0.2, 0.25) is 0 Å². The van der Waals surface area contributed by atoms with Crippen LogP contribution >= 0.6 is 0 Å². The molecule has 1 saturated heterocycles. The summed E-state index contributed by atoms with van der Waals surface area (Å²) in [5.41, 5.74) is 6.79. The number of anilines is 1. The molecule has 3 heterocycles. The van der Waals surface area contributed by atoms with E-state index in [2.05, 4.69) is 23.2 Å². The van der Waals surface area contributed by atoms with Crippen LogP contribution in [-0.2, 0) is 20.1 Å². The molecule has 10 nitrogen and oxygen atoms in total. The maximum atomic E-state index is 13.9. The van der Waals surface area contributed by atoms with Crippen molar-refractivity contribution >= 4 is 22.8 Å². The Balaban J connectivity index is 2.09. The van der Waals surface area contributed by atoms with E-state index in [0.717, 1.165) is 17.4 Å². The molecule has 186 valence electrons. The number of fused-ring (bicyclic) bond motifs is 1. The molecule has 1 unspecified atom stereocenters. The van der Waals surface area contributed by atoms with Gasteiger partial charge in [0.25, 0.3) is 11.5 Å². The summed E-state index contributed by atoms with van der Waals surface area (Å²) in [6, 6.07) is 8.87. The van der Waals surface area contributed by atoms with Crippen LogP contribution < -0.4 is 27.2 Å². The van der Waals surface area contributed by atoms with E-state index in [9.17, 15) is 19.6 Å². The van der Waals surface area contributed by atoms with Gasteiger partial charge in [0.05, 0.1) is 30.2 Å². The van der Waals surface area contributed by atoms with Crippen molar-refractivity contribution in [3.63, 3.8) is 0 Å². The van der Waals surface area contributed by atoms with E-state index >= 15 is 0 Å². The fraction of sp³-hybridized carbons (Fsp3) is 0.385. The maximum absolute atomic E-state index is 13.9. The Morgan fingerprint density at radius 1 is 1.22 bits per heavy atom. The summed E-state index contributed by atoms with van der Waals surface area (Å²) in [6.45, 7) is 2.96. The minimum Gasteiger partial charge on any atom is -0.356 e. The van der Waals surface area contributed by atoms with Gasteiger partial charge in [-0.2, -0.15) is 5.26 Å². The number of nitrogens with two attached hydrogens (primary N) is 1. The molecule has 0 aliphatic carbocycles. The molecule has 0 bridgehead atoms. The SMILES string of the molecule is CC#CCn1c(N2CCCC(N)C2)c(C(=O)NC)c2c1c(=O)n(Cc1ccccc1C#N)c(=O)n2C. The maximum Gasteiger partial charge on any atom is 0.331 e. The molecule has 36 heavy (non-hydrogen) atoms. The van der Waals surface area contributed by atoms with E-state index in [-0.39, 0.29) is 35.7 Å². The first kappa shape index (κ1) is 24.8. The number of carbonyl (C=O) groups is 1. The number of rotatable bonds is 5. The number of piperidine rings is 1. The zero-order chi connectivity index (χ0) is 26.0. The third kappa shape index (κ3) is 4.16. The summed E-state index contributed by atoms with van der Waals surface area (Å²) in [5.74, 6) is 6.00. The van der Waals surface area contributed by atoms with Crippen LogP contribution in [0.4, 0.5) is 5.82 Å². The molecule has 1 fully saturated rings. The smallest absolute Gasteiger partial charge is 0.331 e. The Labute approximate surface area is 208 Å². The molecule has 1 aromatic carbocycles. The van der Waals surface area contributed by atoms with Crippen LogP contribution in [0, 0.1) is 23.2 Å². The Kier molecular flexibility index (Phi) is 7.00. The van der Waals surface area contributed by atoms with Crippen molar-refractivity contribution in [3.8, 4) is 17.9 Å². The van der Waals surface area contributed by atoms with Gasteiger partial charge in [-0.3, -0.25) is 18.7 Å². The molecule has 10 heteroatoms. The molecule has 3 N–H and O–H groups in total. The number of nitriles is 1. The van der Waals surface area contributed by atoms with E-state index in [4.69, 9.17) is 5.73 Å². The Bertz CT molecular complexity index is 1560. The van der Waals surface area contributed by atoms with Crippen LogP contribution in [0.2, 0.25) is 0 Å². The summed E-state index contributed by atoms with van der Waals surface area (Å²) in [4.78, 5) is 42.6. The monoisotopic (exact) mass is 487 g/mol. The van der Waals surface area contributed by atoms with Crippen molar-refractivity contribution in [2.24, 2.45) is 12.8 Å². The molecule has 1 atom stereocenters. The van der Waals surface area contributed by atoms with Crippen LogP contribution in [0.1, 0.15) is 41.3 Å². The molecule has 0 saturated carbocycles. The first-order chi connectivity index (χ1) is 17.3. The largest absolute Gasteiger partial charge is 0.356 e. The van der Waals surface area contributed by atoms with E-state index in [0.29, 0.717) is 30.0 Å². The molecule has 4 rings (SSSR count). The first-order valence-electron chi connectivity index (χ1n) is 11.8. The number of benzene rings is 1. The summed E-state index contributed by atoms with van der Waals surface area (Å²) >= 11 is 0. The number of nitrogens with one attached hydrogen (secondary N) is 1. The van der Waals surface area contributed by atoms with Gasteiger partial charge in [-0.15, -0.1) is 5.92 Å². The number of aromatic nitrogens is 3. The van der Waals surface area contributed by atoms with Crippen LogP contribution in [-0.4, -0.2) is 45.8 Å². The van der Waals surface area contributed by atoms with Crippen LogP contribution in [0.15, 0.2) is 33.9 Å². The molecule has 0 radical (unpaired) electrons.